The summed E-state index contributed by atoms with van der Waals surface area (Å²) in [4.78, 5) is 14.2. The third-order valence-corrected chi connectivity index (χ3v) is 4.76. The topological polar surface area (TPSA) is 53.3 Å². The molecule has 112 valence electrons. The van der Waals surface area contributed by atoms with Crippen LogP contribution in [-0.4, -0.2) is 36.6 Å². The van der Waals surface area contributed by atoms with Gasteiger partial charge in [-0.3, -0.25) is 9.69 Å². The molecule has 0 aromatic heterocycles. The second kappa shape index (κ2) is 7.64. The van der Waals surface area contributed by atoms with E-state index < -0.39 is 0 Å². The summed E-state index contributed by atoms with van der Waals surface area (Å²) in [5.41, 5.74) is 0. The molecule has 0 aromatic carbocycles. The first-order valence-corrected chi connectivity index (χ1v) is 8.06. The highest BCUT2D eigenvalue weighted by Crippen LogP contribution is 2.30. The second-order valence-electron chi connectivity index (χ2n) is 6.00. The van der Waals surface area contributed by atoms with Gasteiger partial charge < -0.3 is 4.74 Å². The lowest BCUT2D eigenvalue weighted by atomic mass is 9.90. The van der Waals surface area contributed by atoms with Crippen LogP contribution in [0.2, 0.25) is 0 Å². The Morgan fingerprint density at radius 2 is 1.90 bits per heavy atom. The van der Waals surface area contributed by atoms with Crippen LogP contribution in [0.4, 0.5) is 0 Å². The first-order chi connectivity index (χ1) is 9.76. The van der Waals surface area contributed by atoms with Crippen molar-refractivity contribution < 1.29 is 9.53 Å². The molecule has 0 N–H and O–H groups in total. The normalized spacial score (nSPS) is 29.4. The fourth-order valence-corrected chi connectivity index (χ4v) is 3.60. The Labute approximate surface area is 122 Å². The molecule has 0 spiro atoms. The highest BCUT2D eigenvalue weighted by Gasteiger charge is 2.33. The zero-order valence-corrected chi connectivity index (χ0v) is 12.5. The fourth-order valence-electron chi connectivity index (χ4n) is 3.60. The van der Waals surface area contributed by atoms with E-state index in [1.807, 2.05) is 6.92 Å². The number of nitriles is 1. The monoisotopic (exact) mass is 278 g/mol. The Hall–Kier alpha value is -1.08. The first kappa shape index (κ1) is 15.3. The fraction of sp³-hybridized carbons (Fsp3) is 0.875. The van der Waals surface area contributed by atoms with E-state index in [1.54, 1.807) is 0 Å². The van der Waals surface area contributed by atoms with Crippen LogP contribution in [0.3, 0.4) is 0 Å². The molecule has 1 aliphatic carbocycles. The van der Waals surface area contributed by atoms with Crippen molar-refractivity contribution in [1.82, 2.24) is 4.90 Å². The standard InChI is InChI=1S/C16H26N2O2/c1-2-20-16(19)13-8-10-18(11-9-13)15-7-5-3-4-6-14(15)12-17/h13-15H,2-11H2,1H3. The van der Waals surface area contributed by atoms with Crippen molar-refractivity contribution in [2.24, 2.45) is 11.8 Å². The van der Waals surface area contributed by atoms with Crippen LogP contribution in [0.5, 0.6) is 0 Å². The van der Waals surface area contributed by atoms with Gasteiger partial charge in [0, 0.05) is 6.04 Å². The SMILES string of the molecule is CCOC(=O)C1CCN(C2CCCCCC2C#N)CC1. The van der Waals surface area contributed by atoms with Gasteiger partial charge in [-0.05, 0) is 45.7 Å². The lowest BCUT2D eigenvalue weighted by Gasteiger charge is -2.38. The third-order valence-electron chi connectivity index (χ3n) is 4.76. The number of carbonyl (C=O) groups is 1. The van der Waals surface area contributed by atoms with Crippen molar-refractivity contribution in [1.29, 1.82) is 5.26 Å². The molecule has 1 heterocycles. The predicted octanol–water partition coefficient (Wildman–Crippen LogP) is 2.73. The molecule has 2 aliphatic rings. The number of carbonyl (C=O) groups excluding carboxylic acids is 1. The molecule has 2 unspecified atom stereocenters. The number of rotatable bonds is 3. The molecule has 4 nitrogen and oxygen atoms in total. The maximum absolute atomic E-state index is 11.8. The Morgan fingerprint density at radius 1 is 1.20 bits per heavy atom. The van der Waals surface area contributed by atoms with E-state index in [0.717, 1.165) is 38.8 Å². The highest BCUT2D eigenvalue weighted by molar-refractivity contribution is 5.72. The predicted molar refractivity (Wildman–Crippen MR) is 76.9 cm³/mol. The van der Waals surface area contributed by atoms with Gasteiger partial charge in [0.05, 0.1) is 24.5 Å². The molecule has 0 aromatic rings. The second-order valence-corrected chi connectivity index (χ2v) is 6.00. The Kier molecular flexibility index (Phi) is 5.85. The van der Waals surface area contributed by atoms with Gasteiger partial charge in [0.15, 0.2) is 0 Å². The molecule has 20 heavy (non-hydrogen) atoms. The molecule has 4 heteroatoms. The van der Waals surface area contributed by atoms with Crippen molar-refractivity contribution in [3.8, 4) is 6.07 Å². The number of piperidine rings is 1. The average Bonchev–Trinajstić information content (AvgIpc) is 2.72. The lowest BCUT2D eigenvalue weighted by molar-refractivity contribution is -0.149. The molecule has 2 atom stereocenters. The number of hydrogen-bond acceptors (Lipinski definition) is 4. The number of ether oxygens (including phenoxy) is 1. The van der Waals surface area contributed by atoms with Gasteiger partial charge in [-0.1, -0.05) is 19.3 Å². The van der Waals surface area contributed by atoms with Crippen LogP contribution in [0.15, 0.2) is 0 Å². The van der Waals surface area contributed by atoms with E-state index in [2.05, 4.69) is 11.0 Å². The van der Waals surface area contributed by atoms with Crippen molar-refractivity contribution in [2.75, 3.05) is 19.7 Å². The van der Waals surface area contributed by atoms with Gasteiger partial charge in [-0.15, -0.1) is 0 Å². The lowest BCUT2D eigenvalue weighted by Crippen LogP contribution is -2.45. The summed E-state index contributed by atoms with van der Waals surface area (Å²) in [6.07, 6.45) is 7.63. The Bertz CT molecular complexity index is 356. The van der Waals surface area contributed by atoms with Crippen LogP contribution >= 0.6 is 0 Å². The molecular weight excluding hydrogens is 252 g/mol. The van der Waals surface area contributed by atoms with Gasteiger partial charge >= 0.3 is 5.97 Å². The van der Waals surface area contributed by atoms with Gasteiger partial charge in [0.25, 0.3) is 0 Å². The van der Waals surface area contributed by atoms with E-state index >= 15 is 0 Å². The van der Waals surface area contributed by atoms with E-state index in [9.17, 15) is 10.1 Å². The smallest absolute Gasteiger partial charge is 0.309 e. The maximum Gasteiger partial charge on any atom is 0.309 e. The molecule has 0 bridgehead atoms. The molecule has 1 saturated carbocycles. The minimum absolute atomic E-state index is 0.0372. The Morgan fingerprint density at radius 3 is 2.55 bits per heavy atom. The maximum atomic E-state index is 11.8. The van der Waals surface area contributed by atoms with Gasteiger partial charge in [-0.25, -0.2) is 0 Å². The molecule has 2 fully saturated rings. The van der Waals surface area contributed by atoms with Crippen LogP contribution in [0.25, 0.3) is 0 Å². The van der Waals surface area contributed by atoms with Crippen molar-refractivity contribution >= 4 is 5.97 Å². The summed E-state index contributed by atoms with van der Waals surface area (Å²) in [6.45, 7) is 4.20. The first-order valence-electron chi connectivity index (χ1n) is 8.06. The van der Waals surface area contributed by atoms with Crippen LogP contribution in [-0.2, 0) is 9.53 Å². The molecule has 1 saturated heterocycles. The largest absolute Gasteiger partial charge is 0.466 e. The minimum Gasteiger partial charge on any atom is -0.466 e. The molecule has 0 amide bonds. The summed E-state index contributed by atoms with van der Waals surface area (Å²) in [7, 11) is 0. The summed E-state index contributed by atoms with van der Waals surface area (Å²) in [6, 6.07) is 2.92. The molecular formula is C16H26N2O2. The molecule has 1 aliphatic heterocycles. The van der Waals surface area contributed by atoms with Gasteiger partial charge in [0.1, 0.15) is 0 Å². The van der Waals surface area contributed by atoms with Crippen LogP contribution in [0.1, 0.15) is 51.9 Å². The number of hydrogen-bond donors (Lipinski definition) is 0. The van der Waals surface area contributed by atoms with E-state index in [4.69, 9.17) is 4.74 Å². The zero-order valence-electron chi connectivity index (χ0n) is 12.5. The van der Waals surface area contributed by atoms with Crippen molar-refractivity contribution in [3.05, 3.63) is 0 Å². The third kappa shape index (κ3) is 3.73. The van der Waals surface area contributed by atoms with Gasteiger partial charge in [-0.2, -0.15) is 5.26 Å². The van der Waals surface area contributed by atoms with Crippen molar-refractivity contribution in [3.63, 3.8) is 0 Å². The summed E-state index contributed by atoms with van der Waals surface area (Å²) in [5.74, 6) is 0.207. The number of likely N-dealkylation sites (tertiary alicyclic amines) is 1. The van der Waals surface area contributed by atoms with Gasteiger partial charge in [0.2, 0.25) is 0 Å². The van der Waals surface area contributed by atoms with E-state index in [1.165, 1.54) is 19.3 Å². The summed E-state index contributed by atoms with van der Waals surface area (Å²) >= 11 is 0. The number of nitrogens with zero attached hydrogens (tertiary/aromatic N) is 2. The van der Waals surface area contributed by atoms with Crippen molar-refractivity contribution in [2.45, 2.75) is 57.9 Å². The summed E-state index contributed by atoms with van der Waals surface area (Å²) in [5, 5.41) is 9.38. The highest BCUT2D eigenvalue weighted by atomic mass is 16.5. The minimum atomic E-state index is -0.0372. The number of esters is 1. The quantitative estimate of drug-likeness (QED) is 0.588. The Balaban J connectivity index is 1.88. The zero-order chi connectivity index (χ0) is 14.4. The average molecular weight is 278 g/mol. The van der Waals surface area contributed by atoms with Crippen LogP contribution < -0.4 is 0 Å². The summed E-state index contributed by atoms with van der Waals surface area (Å²) < 4.78 is 5.11. The van der Waals surface area contributed by atoms with E-state index in [0.29, 0.717) is 12.6 Å². The molecule has 0 radical (unpaired) electrons. The molecule has 2 rings (SSSR count). The van der Waals surface area contributed by atoms with E-state index in [-0.39, 0.29) is 17.8 Å². The van der Waals surface area contributed by atoms with Crippen LogP contribution in [0, 0.1) is 23.2 Å².